The number of amides is 1. The molecule has 0 aliphatic heterocycles. The highest BCUT2D eigenvalue weighted by molar-refractivity contribution is 6.31. The van der Waals surface area contributed by atoms with Gasteiger partial charge in [-0.2, -0.15) is 0 Å². The fourth-order valence-electron chi connectivity index (χ4n) is 2.93. The molecule has 0 spiro atoms. The van der Waals surface area contributed by atoms with Crippen LogP contribution < -0.4 is 5.56 Å². The standard InChI is InChI=1S/C19H26ClN3O2/c1-6-7-10-23(18(24)12(2)3)13(4)17-21-16-9-8-14(20)11-15(16)19(25)22(17)5/h8-9,11-13H,6-7,10H2,1-5H3. The quantitative estimate of drug-likeness (QED) is 0.781. The lowest BCUT2D eigenvalue weighted by Crippen LogP contribution is -2.39. The third kappa shape index (κ3) is 4.03. The minimum Gasteiger partial charge on any atom is -0.333 e. The van der Waals surface area contributed by atoms with Crippen LogP contribution in [0.4, 0.5) is 0 Å². The SMILES string of the molecule is CCCCN(C(=O)C(C)C)C(C)c1nc2ccc(Cl)cc2c(=O)n1C. The Kier molecular flexibility index (Phi) is 6.22. The average Bonchev–Trinajstić information content (AvgIpc) is 2.58. The fourth-order valence-corrected chi connectivity index (χ4v) is 3.10. The van der Waals surface area contributed by atoms with Crippen molar-refractivity contribution in [3.8, 4) is 0 Å². The van der Waals surface area contributed by atoms with Crippen LogP contribution in [-0.4, -0.2) is 26.9 Å². The lowest BCUT2D eigenvalue weighted by molar-refractivity contribution is -0.137. The van der Waals surface area contributed by atoms with E-state index in [2.05, 4.69) is 11.9 Å². The number of carbonyl (C=O) groups excluding carboxylic acids is 1. The molecule has 1 aromatic heterocycles. The van der Waals surface area contributed by atoms with Gasteiger partial charge < -0.3 is 4.90 Å². The van der Waals surface area contributed by atoms with Crippen molar-refractivity contribution in [1.29, 1.82) is 0 Å². The number of rotatable bonds is 6. The summed E-state index contributed by atoms with van der Waals surface area (Å²) in [5.41, 5.74) is 0.448. The lowest BCUT2D eigenvalue weighted by Gasteiger charge is -2.31. The Labute approximate surface area is 153 Å². The molecule has 0 aliphatic carbocycles. The zero-order chi connectivity index (χ0) is 18.7. The van der Waals surface area contributed by atoms with E-state index in [1.807, 2.05) is 25.7 Å². The molecular formula is C19H26ClN3O2. The second-order valence-corrected chi connectivity index (χ2v) is 7.15. The molecular weight excluding hydrogens is 338 g/mol. The van der Waals surface area contributed by atoms with E-state index in [-0.39, 0.29) is 23.4 Å². The minimum atomic E-state index is -0.278. The first-order valence-corrected chi connectivity index (χ1v) is 9.12. The normalized spacial score (nSPS) is 12.6. The van der Waals surface area contributed by atoms with Crippen molar-refractivity contribution in [2.75, 3.05) is 6.54 Å². The first-order valence-electron chi connectivity index (χ1n) is 8.74. The van der Waals surface area contributed by atoms with Crippen LogP contribution in [0.2, 0.25) is 5.02 Å². The second kappa shape index (κ2) is 8.00. The monoisotopic (exact) mass is 363 g/mol. The molecule has 6 heteroatoms. The van der Waals surface area contributed by atoms with E-state index >= 15 is 0 Å². The van der Waals surface area contributed by atoms with Gasteiger partial charge >= 0.3 is 0 Å². The molecule has 0 bridgehead atoms. The van der Waals surface area contributed by atoms with Gasteiger partial charge in [0.15, 0.2) is 0 Å². The maximum atomic E-state index is 12.7. The number of aromatic nitrogens is 2. The highest BCUT2D eigenvalue weighted by atomic mass is 35.5. The van der Waals surface area contributed by atoms with Crippen LogP contribution in [0.5, 0.6) is 0 Å². The van der Waals surface area contributed by atoms with E-state index in [1.54, 1.807) is 25.2 Å². The van der Waals surface area contributed by atoms with Crippen LogP contribution in [0.15, 0.2) is 23.0 Å². The van der Waals surface area contributed by atoms with Crippen molar-refractivity contribution in [3.63, 3.8) is 0 Å². The van der Waals surface area contributed by atoms with Crippen LogP contribution >= 0.6 is 11.6 Å². The largest absolute Gasteiger partial charge is 0.333 e. The highest BCUT2D eigenvalue weighted by Crippen LogP contribution is 2.23. The summed E-state index contributed by atoms with van der Waals surface area (Å²) in [6.45, 7) is 8.46. The number of carbonyl (C=O) groups is 1. The molecule has 0 saturated carbocycles. The van der Waals surface area contributed by atoms with Gasteiger partial charge in [-0.05, 0) is 31.5 Å². The Hall–Kier alpha value is -1.88. The first kappa shape index (κ1) is 19.4. The summed E-state index contributed by atoms with van der Waals surface area (Å²) in [5.74, 6) is 0.562. The van der Waals surface area contributed by atoms with E-state index in [9.17, 15) is 9.59 Å². The maximum absolute atomic E-state index is 12.7. The summed E-state index contributed by atoms with van der Waals surface area (Å²) in [6, 6.07) is 4.82. The smallest absolute Gasteiger partial charge is 0.261 e. The third-order valence-electron chi connectivity index (χ3n) is 4.44. The maximum Gasteiger partial charge on any atom is 0.261 e. The minimum absolute atomic E-state index is 0.0754. The van der Waals surface area contributed by atoms with Gasteiger partial charge in [0, 0.05) is 24.5 Å². The Balaban J connectivity index is 2.54. The molecule has 25 heavy (non-hydrogen) atoms. The van der Waals surface area contributed by atoms with Gasteiger partial charge in [-0.25, -0.2) is 4.98 Å². The Morgan fingerprint density at radius 1 is 1.32 bits per heavy atom. The van der Waals surface area contributed by atoms with Gasteiger partial charge in [0.05, 0.1) is 16.9 Å². The number of unbranched alkanes of at least 4 members (excludes halogenated alkanes) is 1. The summed E-state index contributed by atoms with van der Waals surface area (Å²) in [4.78, 5) is 31.9. The summed E-state index contributed by atoms with van der Waals surface area (Å²) < 4.78 is 1.52. The van der Waals surface area contributed by atoms with Crippen molar-refractivity contribution in [2.45, 2.75) is 46.6 Å². The van der Waals surface area contributed by atoms with Gasteiger partial charge in [-0.15, -0.1) is 0 Å². The van der Waals surface area contributed by atoms with E-state index in [0.29, 0.717) is 28.3 Å². The van der Waals surface area contributed by atoms with Crippen LogP contribution in [0.3, 0.4) is 0 Å². The molecule has 2 aromatic rings. The number of hydrogen-bond donors (Lipinski definition) is 0. The molecule has 5 nitrogen and oxygen atoms in total. The molecule has 1 heterocycles. The van der Waals surface area contributed by atoms with Crippen molar-refractivity contribution < 1.29 is 4.79 Å². The van der Waals surface area contributed by atoms with E-state index < -0.39 is 0 Å². The zero-order valence-electron chi connectivity index (χ0n) is 15.5. The summed E-state index contributed by atoms with van der Waals surface area (Å²) in [6.07, 6.45) is 1.91. The van der Waals surface area contributed by atoms with Gasteiger partial charge in [0.2, 0.25) is 5.91 Å². The van der Waals surface area contributed by atoms with Gasteiger partial charge in [0.25, 0.3) is 5.56 Å². The third-order valence-corrected chi connectivity index (χ3v) is 4.68. The van der Waals surface area contributed by atoms with Crippen LogP contribution in [0.1, 0.15) is 52.4 Å². The van der Waals surface area contributed by atoms with Crippen LogP contribution in [0, 0.1) is 5.92 Å². The Morgan fingerprint density at radius 3 is 2.60 bits per heavy atom. The molecule has 1 atom stereocenters. The fraction of sp³-hybridized carbons (Fsp3) is 0.526. The van der Waals surface area contributed by atoms with E-state index in [0.717, 1.165) is 12.8 Å². The lowest BCUT2D eigenvalue weighted by atomic mass is 10.1. The molecule has 2 rings (SSSR count). The van der Waals surface area contributed by atoms with Crippen LogP contribution in [-0.2, 0) is 11.8 Å². The van der Waals surface area contributed by atoms with Gasteiger partial charge in [0.1, 0.15) is 5.82 Å². The molecule has 0 aliphatic rings. The van der Waals surface area contributed by atoms with Crippen LogP contribution in [0.25, 0.3) is 10.9 Å². The zero-order valence-corrected chi connectivity index (χ0v) is 16.3. The second-order valence-electron chi connectivity index (χ2n) is 6.71. The number of benzene rings is 1. The predicted octanol–water partition coefficient (Wildman–Crippen LogP) is 3.93. The molecule has 0 radical (unpaired) electrons. The van der Waals surface area contributed by atoms with E-state index in [4.69, 9.17) is 11.6 Å². The number of fused-ring (bicyclic) bond motifs is 1. The van der Waals surface area contributed by atoms with Crippen molar-refractivity contribution in [2.24, 2.45) is 13.0 Å². The number of halogens is 1. The van der Waals surface area contributed by atoms with Crippen molar-refractivity contribution in [1.82, 2.24) is 14.5 Å². The molecule has 136 valence electrons. The van der Waals surface area contributed by atoms with Crippen molar-refractivity contribution in [3.05, 3.63) is 39.4 Å². The Bertz CT molecular complexity index is 829. The summed E-state index contributed by atoms with van der Waals surface area (Å²) >= 11 is 6.00. The summed E-state index contributed by atoms with van der Waals surface area (Å²) in [7, 11) is 1.69. The van der Waals surface area contributed by atoms with Crippen molar-refractivity contribution >= 4 is 28.4 Å². The highest BCUT2D eigenvalue weighted by Gasteiger charge is 2.26. The molecule has 0 fully saturated rings. The number of nitrogens with zero attached hydrogens (tertiary/aromatic N) is 3. The molecule has 1 unspecified atom stereocenters. The average molecular weight is 364 g/mol. The molecule has 1 aromatic carbocycles. The summed E-state index contributed by atoms with van der Waals surface area (Å²) in [5, 5.41) is 0.994. The molecule has 0 N–H and O–H groups in total. The Morgan fingerprint density at radius 2 is 2.00 bits per heavy atom. The molecule has 1 amide bonds. The van der Waals surface area contributed by atoms with E-state index in [1.165, 1.54) is 4.57 Å². The number of hydrogen-bond acceptors (Lipinski definition) is 3. The van der Waals surface area contributed by atoms with Gasteiger partial charge in [-0.3, -0.25) is 14.2 Å². The molecule has 0 saturated heterocycles. The first-order chi connectivity index (χ1) is 11.8. The van der Waals surface area contributed by atoms with Gasteiger partial charge in [-0.1, -0.05) is 38.8 Å². The predicted molar refractivity (Wildman–Crippen MR) is 102 cm³/mol. The topological polar surface area (TPSA) is 55.2 Å².